The molecule has 0 fully saturated rings. The van der Waals surface area contributed by atoms with Crippen molar-refractivity contribution in [2.24, 2.45) is 0 Å². The molecule has 0 saturated heterocycles. The molecule has 98 valence electrons. The number of nitro groups is 1. The minimum absolute atomic E-state index is 0.0403. The monoisotopic (exact) mass is 257 g/mol. The maximum absolute atomic E-state index is 10.9. The molecule has 0 bridgehead atoms. The van der Waals surface area contributed by atoms with E-state index in [0.717, 1.165) is 11.1 Å². The minimum atomic E-state index is -0.450. The number of hydrogen-bond donors (Lipinski definition) is 1. The van der Waals surface area contributed by atoms with Crippen LogP contribution in [-0.4, -0.2) is 9.82 Å². The van der Waals surface area contributed by atoms with Crippen LogP contribution in [0.3, 0.4) is 0 Å². The van der Waals surface area contributed by atoms with Crippen LogP contribution in [-0.2, 0) is 6.54 Å². The Morgan fingerprint density at radius 1 is 1.21 bits per heavy atom. The summed E-state index contributed by atoms with van der Waals surface area (Å²) in [7, 11) is 0. The van der Waals surface area contributed by atoms with Crippen molar-refractivity contribution in [3.8, 4) is 0 Å². The summed E-state index contributed by atoms with van der Waals surface area (Å²) in [6.45, 7) is 2.41. The highest BCUT2D eigenvalue weighted by atomic mass is 16.6. The number of nitrogen functional groups attached to an aromatic ring is 1. The number of aryl methyl sites for hydroxylation is 1. The topological polar surface area (TPSA) is 72.4 Å². The van der Waals surface area contributed by atoms with Gasteiger partial charge in [0.25, 0.3) is 5.69 Å². The fourth-order valence-electron chi connectivity index (χ4n) is 1.92. The van der Waals surface area contributed by atoms with Crippen molar-refractivity contribution >= 4 is 11.4 Å². The van der Waals surface area contributed by atoms with E-state index in [9.17, 15) is 10.1 Å². The normalized spacial score (nSPS) is 13.6. The molecule has 2 N–H and O–H groups in total. The molecule has 1 aliphatic rings. The fourth-order valence-corrected chi connectivity index (χ4v) is 1.92. The summed E-state index contributed by atoms with van der Waals surface area (Å²) in [5.74, 6) is 0. The summed E-state index contributed by atoms with van der Waals surface area (Å²) >= 11 is 0. The van der Waals surface area contributed by atoms with E-state index >= 15 is 0 Å². The molecule has 0 saturated carbocycles. The van der Waals surface area contributed by atoms with Gasteiger partial charge in [-0.25, -0.2) is 0 Å². The second-order valence-electron chi connectivity index (χ2n) is 4.29. The third-order valence-electron chi connectivity index (χ3n) is 2.99. The smallest absolute Gasteiger partial charge is 0.292 e. The highest BCUT2D eigenvalue weighted by Crippen LogP contribution is 2.29. The van der Waals surface area contributed by atoms with Gasteiger partial charge < -0.3 is 10.6 Å². The van der Waals surface area contributed by atoms with Gasteiger partial charge in [-0.15, -0.1) is 0 Å². The van der Waals surface area contributed by atoms with Crippen molar-refractivity contribution < 1.29 is 4.92 Å². The molecule has 5 heteroatoms. The van der Waals surface area contributed by atoms with E-state index in [1.807, 2.05) is 48.5 Å². The van der Waals surface area contributed by atoms with Crippen molar-refractivity contribution in [2.75, 3.05) is 5.73 Å². The van der Waals surface area contributed by atoms with E-state index < -0.39 is 4.92 Å². The molecule has 0 spiro atoms. The van der Waals surface area contributed by atoms with Crippen LogP contribution in [0.4, 0.5) is 11.4 Å². The van der Waals surface area contributed by atoms with Gasteiger partial charge in [0.15, 0.2) is 0 Å². The van der Waals surface area contributed by atoms with Crippen LogP contribution in [0.2, 0.25) is 0 Å². The summed E-state index contributed by atoms with van der Waals surface area (Å²) < 4.78 is 0. The number of anilines is 1. The minimum Gasteiger partial charge on any atom is -0.393 e. The van der Waals surface area contributed by atoms with Crippen LogP contribution in [0.25, 0.3) is 0 Å². The molecule has 1 aromatic rings. The number of rotatable bonds is 3. The van der Waals surface area contributed by atoms with Gasteiger partial charge in [-0.05, 0) is 24.6 Å². The lowest BCUT2D eigenvalue weighted by molar-refractivity contribution is -0.384. The van der Waals surface area contributed by atoms with Crippen molar-refractivity contribution in [3.05, 3.63) is 70.1 Å². The Morgan fingerprint density at radius 3 is 2.42 bits per heavy atom. The standard InChI is InChI=1S/C14H15N3O2/c1-11-6-7-13(17(18)19)14(15)12(11)10-16-8-4-2-3-5-9-16/h2-9H,10,15H2,1H3. The van der Waals surface area contributed by atoms with E-state index in [2.05, 4.69) is 0 Å². The molecule has 1 aromatic carbocycles. The number of nitrogens with zero attached hydrogens (tertiary/aromatic N) is 2. The third-order valence-corrected chi connectivity index (χ3v) is 2.99. The molecule has 0 aliphatic carbocycles. The van der Waals surface area contributed by atoms with Gasteiger partial charge in [-0.2, -0.15) is 0 Å². The maximum atomic E-state index is 10.9. The Bertz CT molecular complexity index is 573. The summed E-state index contributed by atoms with van der Waals surface area (Å²) in [5.41, 5.74) is 7.84. The zero-order chi connectivity index (χ0) is 13.8. The molecule has 0 amide bonds. The first-order chi connectivity index (χ1) is 9.09. The van der Waals surface area contributed by atoms with Crippen LogP contribution in [0.15, 0.2) is 48.8 Å². The average Bonchev–Trinajstić information content (AvgIpc) is 2.62. The lowest BCUT2D eigenvalue weighted by atomic mass is 10.0. The molecule has 19 heavy (non-hydrogen) atoms. The summed E-state index contributed by atoms with van der Waals surface area (Å²) in [5, 5.41) is 10.9. The lowest BCUT2D eigenvalue weighted by Crippen LogP contribution is -2.12. The molecule has 0 atom stereocenters. The molecule has 5 nitrogen and oxygen atoms in total. The number of hydrogen-bond acceptors (Lipinski definition) is 4. The Labute approximate surface area is 111 Å². The van der Waals surface area contributed by atoms with E-state index in [1.165, 1.54) is 6.07 Å². The van der Waals surface area contributed by atoms with Gasteiger partial charge in [-0.3, -0.25) is 10.1 Å². The van der Waals surface area contributed by atoms with Crippen LogP contribution < -0.4 is 5.73 Å². The Kier molecular flexibility index (Phi) is 3.66. The molecular weight excluding hydrogens is 242 g/mol. The molecule has 0 radical (unpaired) electrons. The third kappa shape index (κ3) is 2.82. The fraction of sp³-hybridized carbons (Fsp3) is 0.143. The predicted octanol–water partition coefficient (Wildman–Crippen LogP) is 2.88. The van der Waals surface area contributed by atoms with Crippen LogP contribution >= 0.6 is 0 Å². The van der Waals surface area contributed by atoms with Crippen molar-refractivity contribution in [2.45, 2.75) is 13.5 Å². The molecular formula is C14H15N3O2. The van der Waals surface area contributed by atoms with Crippen molar-refractivity contribution in [1.29, 1.82) is 0 Å². The second kappa shape index (κ2) is 5.39. The number of nitro benzene ring substituents is 1. The number of nitrogens with two attached hydrogens (primary N) is 1. The molecule has 0 aromatic heterocycles. The first-order valence-corrected chi connectivity index (χ1v) is 5.89. The molecule has 0 unspecified atom stereocenters. The van der Waals surface area contributed by atoms with Crippen LogP contribution in [0, 0.1) is 17.0 Å². The van der Waals surface area contributed by atoms with E-state index in [0.29, 0.717) is 6.54 Å². The Balaban J connectivity index is 2.34. The van der Waals surface area contributed by atoms with Gasteiger partial charge in [0.05, 0.1) is 4.92 Å². The second-order valence-corrected chi connectivity index (χ2v) is 4.29. The van der Waals surface area contributed by atoms with E-state index in [4.69, 9.17) is 5.73 Å². The van der Waals surface area contributed by atoms with Gasteiger partial charge in [0.2, 0.25) is 0 Å². The molecule has 2 rings (SSSR count). The summed E-state index contributed by atoms with van der Waals surface area (Å²) in [6.07, 6.45) is 11.4. The highest BCUT2D eigenvalue weighted by molar-refractivity contribution is 5.65. The van der Waals surface area contributed by atoms with Crippen molar-refractivity contribution in [3.63, 3.8) is 0 Å². The van der Waals surface area contributed by atoms with Crippen molar-refractivity contribution in [1.82, 2.24) is 4.90 Å². The zero-order valence-corrected chi connectivity index (χ0v) is 10.6. The highest BCUT2D eigenvalue weighted by Gasteiger charge is 2.17. The zero-order valence-electron chi connectivity index (χ0n) is 10.6. The van der Waals surface area contributed by atoms with Gasteiger partial charge in [0, 0.05) is 30.6 Å². The maximum Gasteiger partial charge on any atom is 0.292 e. The number of benzene rings is 1. The van der Waals surface area contributed by atoms with E-state index in [1.54, 1.807) is 6.07 Å². The summed E-state index contributed by atoms with van der Waals surface area (Å²) in [4.78, 5) is 12.4. The Hall–Kier alpha value is -2.56. The summed E-state index contributed by atoms with van der Waals surface area (Å²) in [6, 6.07) is 3.18. The molecule has 1 aliphatic heterocycles. The van der Waals surface area contributed by atoms with Gasteiger partial charge >= 0.3 is 0 Å². The first-order valence-electron chi connectivity index (χ1n) is 5.89. The largest absolute Gasteiger partial charge is 0.393 e. The van der Waals surface area contributed by atoms with Crippen LogP contribution in [0.5, 0.6) is 0 Å². The lowest BCUT2D eigenvalue weighted by Gasteiger charge is -2.18. The predicted molar refractivity (Wildman–Crippen MR) is 75.2 cm³/mol. The SMILES string of the molecule is Cc1ccc([N+](=O)[O-])c(N)c1CN1C=CC=CC=C1. The quantitative estimate of drug-likeness (QED) is 0.513. The Morgan fingerprint density at radius 2 is 1.84 bits per heavy atom. The van der Waals surface area contributed by atoms with Gasteiger partial charge in [0.1, 0.15) is 5.69 Å². The van der Waals surface area contributed by atoms with E-state index in [-0.39, 0.29) is 11.4 Å². The number of allylic oxidation sites excluding steroid dienone is 4. The first kappa shape index (κ1) is 12.9. The van der Waals surface area contributed by atoms with Crippen LogP contribution in [0.1, 0.15) is 11.1 Å². The van der Waals surface area contributed by atoms with Gasteiger partial charge in [-0.1, -0.05) is 18.2 Å². The molecule has 1 heterocycles. The average molecular weight is 257 g/mol.